The number of hydrogen-bond acceptors (Lipinski definition) is 9. The van der Waals surface area contributed by atoms with Crippen molar-refractivity contribution in [2.24, 2.45) is 0 Å². The molecule has 2 aliphatic rings. The van der Waals surface area contributed by atoms with Crippen molar-refractivity contribution in [2.45, 2.75) is 49.9 Å². The molecule has 2 fully saturated rings. The van der Waals surface area contributed by atoms with Gasteiger partial charge in [0, 0.05) is 42.1 Å². The zero-order valence-corrected chi connectivity index (χ0v) is 35.8. The van der Waals surface area contributed by atoms with Gasteiger partial charge in [-0.15, -0.1) is 0 Å². The molecule has 4 aromatic carbocycles. The van der Waals surface area contributed by atoms with Crippen LogP contribution in [0.15, 0.2) is 133 Å². The number of H-pyrrole nitrogens is 2. The van der Waals surface area contributed by atoms with E-state index in [0.717, 1.165) is 35.0 Å². The van der Waals surface area contributed by atoms with Crippen molar-refractivity contribution in [2.75, 3.05) is 27.3 Å². The summed E-state index contributed by atoms with van der Waals surface area (Å²) in [5.41, 5.74) is 4.92. The maximum absolute atomic E-state index is 14.0. The Hall–Kier alpha value is -8.01. The van der Waals surface area contributed by atoms with Crippen molar-refractivity contribution in [3.63, 3.8) is 0 Å². The van der Waals surface area contributed by atoms with Crippen LogP contribution in [0.25, 0.3) is 39.0 Å². The number of benzene rings is 4. The largest absolute Gasteiger partial charge is 0.453 e. The average molecular weight is 874 g/mol. The van der Waals surface area contributed by atoms with Crippen molar-refractivity contribution in [1.82, 2.24) is 44.9 Å². The van der Waals surface area contributed by atoms with Gasteiger partial charge >= 0.3 is 12.2 Å². The van der Waals surface area contributed by atoms with Crippen LogP contribution in [0.3, 0.4) is 0 Å². The van der Waals surface area contributed by atoms with Gasteiger partial charge in [0.15, 0.2) is 0 Å². The highest BCUT2D eigenvalue weighted by atomic mass is 16.5. The van der Waals surface area contributed by atoms with E-state index in [9.17, 15) is 24.0 Å². The minimum Gasteiger partial charge on any atom is -0.453 e. The molecule has 2 saturated heterocycles. The Morgan fingerprint density at radius 1 is 0.708 bits per heavy atom. The second kappa shape index (κ2) is 18.4. The predicted octanol–water partition coefficient (Wildman–Crippen LogP) is 7.29. The number of likely N-dealkylation sites (tertiary alicyclic amines) is 2. The Balaban J connectivity index is 0.892. The molecule has 0 aliphatic carbocycles. The average Bonchev–Trinajstić information content (AvgIpc) is 4.20. The van der Waals surface area contributed by atoms with Gasteiger partial charge in [-0.05, 0) is 78.1 Å². The summed E-state index contributed by atoms with van der Waals surface area (Å²) in [5, 5.41) is 6.69. The molecule has 7 aromatic rings. The first-order valence-corrected chi connectivity index (χ1v) is 21.5. The number of ether oxygens (including phenoxy) is 2. The van der Waals surface area contributed by atoms with E-state index in [1.165, 1.54) is 14.2 Å². The van der Waals surface area contributed by atoms with Gasteiger partial charge in [-0.2, -0.15) is 0 Å². The summed E-state index contributed by atoms with van der Waals surface area (Å²) in [6.45, 7) is 1.03. The number of fused-ring (bicyclic) bond motifs is 1. The third-order valence-electron chi connectivity index (χ3n) is 12.2. The van der Waals surface area contributed by atoms with E-state index in [1.54, 1.807) is 63.3 Å². The first-order valence-electron chi connectivity index (χ1n) is 21.5. The fraction of sp³-hybridized carbons (Fsp3) is 0.245. The molecule has 330 valence electrons. The fourth-order valence-electron chi connectivity index (χ4n) is 8.90. The molecule has 5 heterocycles. The molecule has 2 aliphatic heterocycles. The molecule has 0 unspecified atom stereocenters. The molecule has 16 nitrogen and oxygen atoms in total. The van der Waals surface area contributed by atoms with Gasteiger partial charge in [0.2, 0.25) is 0 Å². The molecule has 3 aromatic heterocycles. The van der Waals surface area contributed by atoms with E-state index >= 15 is 0 Å². The van der Waals surface area contributed by atoms with E-state index in [-0.39, 0.29) is 29.5 Å². The zero-order valence-electron chi connectivity index (χ0n) is 35.8. The van der Waals surface area contributed by atoms with Crippen LogP contribution in [0.2, 0.25) is 0 Å². The molecule has 0 spiro atoms. The van der Waals surface area contributed by atoms with Crippen LogP contribution in [-0.4, -0.2) is 85.6 Å². The summed E-state index contributed by atoms with van der Waals surface area (Å²) >= 11 is 0. The van der Waals surface area contributed by atoms with Crippen LogP contribution in [0, 0.1) is 0 Å². The lowest BCUT2D eigenvalue weighted by atomic mass is 10.0. The summed E-state index contributed by atoms with van der Waals surface area (Å²) in [4.78, 5) is 86.1. The van der Waals surface area contributed by atoms with Gasteiger partial charge in [-0.1, -0.05) is 78.9 Å². The summed E-state index contributed by atoms with van der Waals surface area (Å²) in [5.74, 6) is 0.790. The second-order valence-electron chi connectivity index (χ2n) is 16.0. The molecule has 65 heavy (non-hydrogen) atoms. The maximum Gasteiger partial charge on any atom is 0.407 e. The minimum absolute atomic E-state index is 0.177. The summed E-state index contributed by atoms with van der Waals surface area (Å²) in [7, 11) is 2.53. The maximum atomic E-state index is 14.0. The molecular formula is C49H47N9O7. The normalized spacial score (nSPS) is 16.8. The standard InChI is InChI=1S/C49H47N9O7/c1-64-48(62)54-41(31-11-5-3-6-12-31)46(60)57-24-9-15-39(57)43-50-28-37(52-43)30-17-20-35(21-18-30)56-26-23-33-27-34(19-22-36(33)45(56)59)38-29-51-44(53-38)40-16-10-25-58(40)47(61)42(55-49(63)65-2)32-13-7-4-8-14-32/h3-8,11-14,17-23,26-29,39-42H,9-10,15-16,24-25H2,1-2H3,(H,50,52)(H,51,53)(H,54,62)(H,55,63)/t39-,40-,41+,42+/m0/s1. The monoisotopic (exact) mass is 873 g/mol. The number of methoxy groups -OCH3 is 2. The van der Waals surface area contributed by atoms with Crippen LogP contribution < -0.4 is 16.2 Å². The molecule has 9 rings (SSSR count). The van der Waals surface area contributed by atoms with Gasteiger partial charge < -0.3 is 39.9 Å². The highest BCUT2D eigenvalue weighted by molar-refractivity contribution is 5.89. The number of carbonyl (C=O) groups excluding carboxylic acids is 4. The van der Waals surface area contributed by atoms with E-state index in [1.807, 2.05) is 78.9 Å². The number of alkyl carbamates (subject to hydrolysis) is 2. The molecule has 4 N–H and O–H groups in total. The number of amides is 4. The minimum atomic E-state index is -0.918. The number of pyridine rings is 1. The van der Waals surface area contributed by atoms with Gasteiger partial charge in [-0.3, -0.25) is 19.0 Å². The second-order valence-corrected chi connectivity index (χ2v) is 16.0. The molecule has 4 amide bonds. The summed E-state index contributed by atoms with van der Waals surface area (Å²) < 4.78 is 11.3. The lowest BCUT2D eigenvalue weighted by molar-refractivity contribution is -0.135. The van der Waals surface area contributed by atoms with Crippen LogP contribution in [0.5, 0.6) is 0 Å². The quantitative estimate of drug-likeness (QED) is 0.103. The molecule has 4 atom stereocenters. The van der Waals surface area contributed by atoms with Gasteiger partial charge in [0.05, 0.1) is 43.9 Å². The first-order chi connectivity index (χ1) is 31.7. The number of rotatable bonds is 11. The lowest BCUT2D eigenvalue weighted by Crippen LogP contribution is -2.42. The van der Waals surface area contributed by atoms with Crippen molar-refractivity contribution in [3.8, 4) is 28.2 Å². The SMILES string of the molecule is COC(=O)N[C@@H](C(=O)N1CCC[C@H]1c1nc(-c2ccc3c(=O)n(-c4ccc(-c5cnc([C@@H]6CCCN6C(=O)[C@H](NC(=O)OC)c6ccccc6)[nH]5)cc4)ccc3c2)c[nH]1)c1ccccc1. The van der Waals surface area contributed by atoms with Crippen LogP contribution >= 0.6 is 0 Å². The van der Waals surface area contributed by atoms with Crippen molar-refractivity contribution >= 4 is 34.8 Å². The number of nitrogens with zero attached hydrogens (tertiary/aromatic N) is 5. The predicted molar refractivity (Wildman–Crippen MR) is 242 cm³/mol. The lowest BCUT2D eigenvalue weighted by Gasteiger charge is -2.28. The number of carbonyl (C=O) groups is 4. The van der Waals surface area contributed by atoms with Crippen molar-refractivity contribution in [1.29, 1.82) is 0 Å². The van der Waals surface area contributed by atoms with Crippen LogP contribution in [0.4, 0.5) is 9.59 Å². The Kier molecular flexibility index (Phi) is 12.0. The third kappa shape index (κ3) is 8.57. The van der Waals surface area contributed by atoms with E-state index < -0.39 is 24.3 Å². The highest BCUT2D eigenvalue weighted by Crippen LogP contribution is 2.36. The van der Waals surface area contributed by atoms with Gasteiger partial charge in [0.25, 0.3) is 17.4 Å². The topological polar surface area (TPSA) is 197 Å². The van der Waals surface area contributed by atoms with Crippen molar-refractivity contribution < 1.29 is 28.7 Å². The molecular weight excluding hydrogens is 827 g/mol. The zero-order chi connectivity index (χ0) is 45.0. The van der Waals surface area contributed by atoms with Crippen molar-refractivity contribution in [3.05, 3.63) is 161 Å². The number of nitrogens with one attached hydrogen (secondary N) is 4. The Morgan fingerprint density at radius 3 is 1.86 bits per heavy atom. The van der Waals surface area contributed by atoms with Gasteiger partial charge in [-0.25, -0.2) is 19.6 Å². The molecule has 16 heteroatoms. The van der Waals surface area contributed by atoms with E-state index in [0.29, 0.717) is 65.5 Å². The van der Waals surface area contributed by atoms with Crippen LogP contribution in [0.1, 0.15) is 72.6 Å². The Bertz CT molecular complexity index is 2910. The number of aromatic nitrogens is 5. The third-order valence-corrected chi connectivity index (χ3v) is 12.2. The Labute approximate surface area is 373 Å². The highest BCUT2D eigenvalue weighted by Gasteiger charge is 2.38. The summed E-state index contributed by atoms with van der Waals surface area (Å²) in [6, 6.07) is 30.8. The number of hydrogen-bond donors (Lipinski definition) is 4. The molecule has 0 saturated carbocycles. The molecule has 0 radical (unpaired) electrons. The fourth-order valence-corrected chi connectivity index (χ4v) is 8.90. The molecule has 0 bridgehead atoms. The Morgan fingerprint density at radius 2 is 1.28 bits per heavy atom. The van der Waals surface area contributed by atoms with Gasteiger partial charge in [0.1, 0.15) is 23.7 Å². The van der Waals surface area contributed by atoms with E-state index in [4.69, 9.17) is 14.5 Å². The smallest absolute Gasteiger partial charge is 0.407 e. The summed E-state index contributed by atoms with van der Waals surface area (Å²) in [6.07, 6.45) is 6.89. The number of aromatic amines is 2. The van der Waals surface area contributed by atoms with E-state index in [2.05, 4.69) is 25.6 Å². The first kappa shape index (κ1) is 42.3. The van der Waals surface area contributed by atoms with Crippen LogP contribution in [-0.2, 0) is 19.1 Å². The number of imidazole rings is 2.